The van der Waals surface area contributed by atoms with Gasteiger partial charge in [0.2, 0.25) is 11.8 Å². The van der Waals surface area contributed by atoms with Gasteiger partial charge >= 0.3 is 0 Å². The Balaban J connectivity index is 1.48. The van der Waals surface area contributed by atoms with E-state index >= 15 is 0 Å². The van der Waals surface area contributed by atoms with Crippen molar-refractivity contribution >= 4 is 17.5 Å². The average Bonchev–Trinajstić information content (AvgIpc) is 2.68. The molecule has 0 spiro atoms. The number of hydrogen-bond acceptors (Lipinski definition) is 4. The molecule has 6 heteroatoms. The Morgan fingerprint density at radius 2 is 2.12 bits per heavy atom. The van der Waals surface area contributed by atoms with Crippen LogP contribution in [0, 0.1) is 0 Å². The van der Waals surface area contributed by atoms with E-state index in [1.165, 1.54) is 5.56 Å². The second kappa shape index (κ2) is 8.94. The maximum Gasteiger partial charge on any atom is 0.240 e. The second-order valence-corrected chi connectivity index (χ2v) is 7.25. The zero-order chi connectivity index (χ0) is 18.4. The van der Waals surface area contributed by atoms with Crippen LogP contribution in [0.1, 0.15) is 44.1 Å². The Hall–Kier alpha value is -2.21. The van der Waals surface area contributed by atoms with E-state index in [1.54, 1.807) is 0 Å². The van der Waals surface area contributed by atoms with Gasteiger partial charge in [-0.15, -0.1) is 0 Å². The summed E-state index contributed by atoms with van der Waals surface area (Å²) < 4.78 is 0. The molecule has 2 amide bonds. The van der Waals surface area contributed by atoms with Crippen LogP contribution in [0.2, 0.25) is 0 Å². The molecular formula is C20H28N4O2. The average molecular weight is 356 g/mol. The summed E-state index contributed by atoms with van der Waals surface area (Å²) in [5.41, 5.74) is 4.72. The normalized spacial score (nSPS) is 20.7. The summed E-state index contributed by atoms with van der Waals surface area (Å²) in [6, 6.07) is 10.9. The second-order valence-electron chi connectivity index (χ2n) is 7.25. The standard InChI is InChI=1S/C20H28N4O2/c1-23(14-16-6-3-2-4-7-16)18-8-5-13-24(15-18)20(26)12-10-17-9-11-19(25)22-21-17/h2-4,6-7,18H,5,8-15H2,1H3,(H,22,25). The third-order valence-corrected chi connectivity index (χ3v) is 5.25. The number of hydrazone groups is 1. The van der Waals surface area contributed by atoms with Gasteiger partial charge in [-0.1, -0.05) is 30.3 Å². The van der Waals surface area contributed by atoms with Gasteiger partial charge in [0, 0.05) is 44.2 Å². The molecule has 1 N–H and O–H groups in total. The number of piperidine rings is 1. The minimum atomic E-state index is -0.0413. The van der Waals surface area contributed by atoms with Crippen LogP contribution in [0.25, 0.3) is 0 Å². The summed E-state index contributed by atoms with van der Waals surface area (Å²) in [4.78, 5) is 28.1. The Morgan fingerprint density at radius 1 is 1.31 bits per heavy atom. The van der Waals surface area contributed by atoms with Crippen LogP contribution >= 0.6 is 0 Å². The zero-order valence-corrected chi connectivity index (χ0v) is 15.5. The molecule has 3 rings (SSSR count). The molecule has 0 aliphatic carbocycles. The van der Waals surface area contributed by atoms with Crippen LogP contribution in [0.5, 0.6) is 0 Å². The Kier molecular flexibility index (Phi) is 6.39. The van der Waals surface area contributed by atoms with Gasteiger partial charge in [0.25, 0.3) is 0 Å². The van der Waals surface area contributed by atoms with Crippen molar-refractivity contribution < 1.29 is 9.59 Å². The lowest BCUT2D eigenvalue weighted by molar-refractivity contribution is -0.133. The van der Waals surface area contributed by atoms with Crippen molar-refractivity contribution in [3.63, 3.8) is 0 Å². The third-order valence-electron chi connectivity index (χ3n) is 5.25. The lowest BCUT2D eigenvalue weighted by Crippen LogP contribution is -2.48. The van der Waals surface area contributed by atoms with Gasteiger partial charge in [-0.2, -0.15) is 5.10 Å². The Bertz CT molecular complexity index is 659. The van der Waals surface area contributed by atoms with E-state index in [4.69, 9.17) is 0 Å². The zero-order valence-electron chi connectivity index (χ0n) is 15.5. The van der Waals surface area contributed by atoms with Gasteiger partial charge < -0.3 is 4.90 Å². The van der Waals surface area contributed by atoms with Crippen molar-refractivity contribution in [3.8, 4) is 0 Å². The van der Waals surface area contributed by atoms with E-state index in [1.807, 2.05) is 11.0 Å². The van der Waals surface area contributed by atoms with Gasteiger partial charge in [-0.3, -0.25) is 14.5 Å². The number of nitrogens with one attached hydrogen (secondary N) is 1. The van der Waals surface area contributed by atoms with Crippen LogP contribution in [-0.2, 0) is 16.1 Å². The fourth-order valence-electron chi connectivity index (χ4n) is 3.64. The molecule has 1 atom stereocenters. The largest absolute Gasteiger partial charge is 0.341 e. The van der Waals surface area contributed by atoms with E-state index in [9.17, 15) is 9.59 Å². The first kappa shape index (κ1) is 18.6. The number of likely N-dealkylation sites (tertiary alicyclic amines) is 1. The number of carbonyl (C=O) groups is 2. The molecule has 1 unspecified atom stereocenters. The SMILES string of the molecule is CN(Cc1ccccc1)C1CCCN(C(=O)CCC2=NNC(=O)CC2)C1. The summed E-state index contributed by atoms with van der Waals surface area (Å²) >= 11 is 0. The van der Waals surface area contributed by atoms with Crippen molar-refractivity contribution in [2.24, 2.45) is 5.10 Å². The number of amides is 2. The molecule has 0 aromatic heterocycles. The summed E-state index contributed by atoms with van der Waals surface area (Å²) in [6.45, 7) is 2.55. The first-order valence-corrected chi connectivity index (χ1v) is 9.48. The maximum atomic E-state index is 12.6. The van der Waals surface area contributed by atoms with E-state index in [0.717, 1.165) is 38.2 Å². The molecule has 1 saturated heterocycles. The lowest BCUT2D eigenvalue weighted by atomic mass is 10.0. The van der Waals surface area contributed by atoms with Crippen molar-refractivity contribution in [3.05, 3.63) is 35.9 Å². The van der Waals surface area contributed by atoms with Crippen LogP contribution in [0.15, 0.2) is 35.4 Å². The maximum absolute atomic E-state index is 12.6. The number of likely N-dealkylation sites (N-methyl/N-ethyl adjacent to an activating group) is 1. The monoisotopic (exact) mass is 356 g/mol. The number of rotatable bonds is 6. The predicted octanol–water partition coefficient (Wildman–Crippen LogP) is 2.16. The van der Waals surface area contributed by atoms with E-state index in [2.05, 4.69) is 46.7 Å². The molecule has 2 aliphatic rings. The highest BCUT2D eigenvalue weighted by Crippen LogP contribution is 2.18. The minimum Gasteiger partial charge on any atom is -0.341 e. The van der Waals surface area contributed by atoms with Gasteiger partial charge in [0.05, 0.1) is 0 Å². The summed E-state index contributed by atoms with van der Waals surface area (Å²) in [5, 5.41) is 4.06. The summed E-state index contributed by atoms with van der Waals surface area (Å²) in [5.74, 6) is 0.155. The van der Waals surface area contributed by atoms with E-state index < -0.39 is 0 Å². The highest BCUT2D eigenvalue weighted by molar-refractivity contribution is 5.94. The molecule has 2 aliphatic heterocycles. The quantitative estimate of drug-likeness (QED) is 0.849. The van der Waals surface area contributed by atoms with Gasteiger partial charge in [0.15, 0.2) is 0 Å². The third kappa shape index (κ3) is 5.14. The molecule has 0 bridgehead atoms. The highest BCUT2D eigenvalue weighted by atomic mass is 16.2. The molecule has 1 aromatic rings. The van der Waals surface area contributed by atoms with Crippen molar-refractivity contribution in [1.29, 1.82) is 0 Å². The smallest absolute Gasteiger partial charge is 0.240 e. The first-order chi connectivity index (χ1) is 12.6. The number of nitrogens with zero attached hydrogens (tertiary/aromatic N) is 3. The fourth-order valence-corrected chi connectivity index (χ4v) is 3.64. The van der Waals surface area contributed by atoms with Gasteiger partial charge in [-0.25, -0.2) is 5.43 Å². The number of carbonyl (C=O) groups excluding carboxylic acids is 2. The summed E-state index contributed by atoms with van der Waals surface area (Å²) in [7, 11) is 2.14. The topological polar surface area (TPSA) is 65.0 Å². The first-order valence-electron chi connectivity index (χ1n) is 9.48. The lowest BCUT2D eigenvalue weighted by Gasteiger charge is -2.38. The molecule has 0 radical (unpaired) electrons. The molecule has 6 nitrogen and oxygen atoms in total. The molecule has 0 saturated carbocycles. The van der Waals surface area contributed by atoms with Crippen LogP contribution < -0.4 is 5.43 Å². The Labute approximate surface area is 155 Å². The minimum absolute atomic E-state index is 0.0413. The molecule has 2 heterocycles. The highest BCUT2D eigenvalue weighted by Gasteiger charge is 2.26. The van der Waals surface area contributed by atoms with Crippen molar-refractivity contribution in [2.45, 2.75) is 51.1 Å². The van der Waals surface area contributed by atoms with Gasteiger partial charge in [-0.05, 0) is 38.3 Å². The number of hydrogen-bond donors (Lipinski definition) is 1. The van der Waals surface area contributed by atoms with Crippen LogP contribution in [0.3, 0.4) is 0 Å². The molecule has 26 heavy (non-hydrogen) atoms. The van der Waals surface area contributed by atoms with Crippen LogP contribution in [-0.4, -0.2) is 53.5 Å². The van der Waals surface area contributed by atoms with Gasteiger partial charge in [0.1, 0.15) is 0 Å². The number of benzene rings is 1. The predicted molar refractivity (Wildman–Crippen MR) is 102 cm³/mol. The van der Waals surface area contributed by atoms with E-state index in [0.29, 0.717) is 31.7 Å². The van der Waals surface area contributed by atoms with Crippen molar-refractivity contribution in [1.82, 2.24) is 15.2 Å². The Morgan fingerprint density at radius 3 is 2.85 bits per heavy atom. The van der Waals surface area contributed by atoms with Crippen molar-refractivity contribution in [2.75, 3.05) is 20.1 Å². The molecule has 1 fully saturated rings. The molecular weight excluding hydrogens is 328 g/mol. The van der Waals surface area contributed by atoms with E-state index in [-0.39, 0.29) is 11.8 Å². The molecule has 1 aromatic carbocycles. The molecule has 140 valence electrons. The fraction of sp³-hybridized carbons (Fsp3) is 0.550. The van der Waals surface area contributed by atoms with Crippen LogP contribution in [0.4, 0.5) is 0 Å². The summed E-state index contributed by atoms with van der Waals surface area (Å²) in [6.07, 6.45) is 4.44.